The molecular formula is C75H55NO2. The van der Waals surface area contributed by atoms with Gasteiger partial charge >= 0.3 is 0 Å². The molecular weight excluding hydrogens is 947 g/mol. The second-order valence-corrected chi connectivity index (χ2v) is 23.5. The second kappa shape index (κ2) is 15.9. The van der Waals surface area contributed by atoms with Crippen LogP contribution in [0.4, 0.5) is 17.1 Å². The zero-order valence-corrected chi connectivity index (χ0v) is 44.6. The molecule has 0 radical (unpaired) electrons. The van der Waals surface area contributed by atoms with Crippen molar-refractivity contribution in [3.8, 4) is 66.8 Å². The summed E-state index contributed by atoms with van der Waals surface area (Å²) in [6.07, 6.45) is 0. The number of nitrogens with zero attached hydrogens (tertiary/aromatic N) is 1. The minimum atomic E-state index is -0.354. The fraction of sp³-hybridized carbons (Fsp3) is 0.120. The van der Waals surface area contributed by atoms with Gasteiger partial charge in [0.15, 0.2) is 0 Å². The van der Waals surface area contributed by atoms with Gasteiger partial charge in [-0.15, -0.1) is 0 Å². The molecule has 0 bridgehead atoms. The van der Waals surface area contributed by atoms with Crippen LogP contribution in [0.1, 0.15) is 74.9 Å². The first-order valence-corrected chi connectivity index (χ1v) is 27.5. The van der Waals surface area contributed by atoms with Crippen LogP contribution in [-0.4, -0.2) is 0 Å². The van der Waals surface area contributed by atoms with E-state index in [1.54, 1.807) is 0 Å². The van der Waals surface area contributed by atoms with Crippen LogP contribution in [0.15, 0.2) is 233 Å². The van der Waals surface area contributed by atoms with E-state index in [0.29, 0.717) is 0 Å². The van der Waals surface area contributed by atoms with E-state index >= 15 is 0 Å². The fourth-order valence-electron chi connectivity index (χ4n) is 14.5. The molecule has 0 atom stereocenters. The van der Waals surface area contributed by atoms with Gasteiger partial charge in [0.25, 0.3) is 0 Å². The topological polar surface area (TPSA) is 29.5 Å². The first kappa shape index (κ1) is 45.1. The van der Waals surface area contributed by atoms with Crippen LogP contribution in [-0.2, 0) is 16.2 Å². The summed E-state index contributed by atoms with van der Waals surface area (Å²) in [5.41, 5.74) is 28.8. The van der Waals surface area contributed by atoms with E-state index in [9.17, 15) is 0 Å². The molecule has 0 N–H and O–H groups in total. The maximum Gasteiger partial charge on any atom is 0.144 e. The highest BCUT2D eigenvalue weighted by Gasteiger charge is 2.49. The molecule has 0 saturated carbocycles. The number of anilines is 3. The number of furan rings is 2. The highest BCUT2D eigenvalue weighted by atomic mass is 16.3. The van der Waals surface area contributed by atoms with Crippen LogP contribution >= 0.6 is 0 Å². The van der Waals surface area contributed by atoms with Crippen LogP contribution in [0.5, 0.6) is 0 Å². The lowest BCUT2D eigenvalue weighted by Gasteiger charge is -2.32. The molecule has 0 aliphatic heterocycles. The van der Waals surface area contributed by atoms with Crippen molar-refractivity contribution in [1.82, 2.24) is 0 Å². The second-order valence-electron chi connectivity index (χ2n) is 23.5. The van der Waals surface area contributed by atoms with Gasteiger partial charge < -0.3 is 13.7 Å². The lowest BCUT2D eigenvalue weighted by atomic mass is 9.72. The molecule has 3 nitrogen and oxygen atoms in total. The van der Waals surface area contributed by atoms with E-state index < -0.39 is 0 Å². The Bertz CT molecular complexity index is 4680. The van der Waals surface area contributed by atoms with E-state index in [-0.39, 0.29) is 16.2 Å². The Morgan fingerprint density at radius 3 is 1.45 bits per heavy atom. The van der Waals surface area contributed by atoms with Crippen molar-refractivity contribution >= 4 is 60.9 Å². The molecule has 78 heavy (non-hydrogen) atoms. The molecule has 372 valence electrons. The van der Waals surface area contributed by atoms with Crippen molar-refractivity contribution in [3.63, 3.8) is 0 Å². The highest BCUT2D eigenvalue weighted by molar-refractivity contribution is 6.21. The molecule has 2 heterocycles. The molecule has 0 saturated heterocycles. The molecule has 16 rings (SSSR count). The van der Waals surface area contributed by atoms with Crippen molar-refractivity contribution in [2.45, 2.75) is 57.8 Å². The molecule has 3 aliphatic rings. The summed E-state index contributed by atoms with van der Waals surface area (Å²) >= 11 is 0. The predicted molar refractivity (Wildman–Crippen MR) is 325 cm³/mol. The Balaban J connectivity index is 0.899. The molecule has 3 heteroatoms. The van der Waals surface area contributed by atoms with Crippen molar-refractivity contribution in [3.05, 3.63) is 258 Å². The summed E-state index contributed by atoms with van der Waals surface area (Å²) in [5, 5.41) is 4.69. The Kier molecular flexibility index (Phi) is 9.21. The third kappa shape index (κ3) is 6.10. The van der Waals surface area contributed by atoms with Crippen LogP contribution in [0.25, 0.3) is 111 Å². The van der Waals surface area contributed by atoms with Gasteiger partial charge in [-0.2, -0.15) is 0 Å². The average Bonchev–Trinajstić information content (AvgIpc) is 2.81. The molecule has 2 aromatic heterocycles. The number of hydrogen-bond donors (Lipinski definition) is 0. The summed E-state index contributed by atoms with van der Waals surface area (Å²) in [6.45, 7) is 14.6. The number of benzene rings is 11. The van der Waals surface area contributed by atoms with Gasteiger partial charge in [-0.05, 0) is 150 Å². The lowest BCUT2D eigenvalue weighted by Crippen LogP contribution is -2.24. The van der Waals surface area contributed by atoms with Gasteiger partial charge in [0, 0.05) is 66.0 Å². The molecule has 0 fully saturated rings. The number of rotatable bonds is 6. The van der Waals surface area contributed by atoms with Crippen molar-refractivity contribution in [2.24, 2.45) is 0 Å². The Morgan fingerprint density at radius 1 is 0.295 bits per heavy atom. The zero-order valence-electron chi connectivity index (χ0n) is 44.6. The maximum atomic E-state index is 7.03. The smallest absolute Gasteiger partial charge is 0.144 e. The highest BCUT2D eigenvalue weighted by Crippen LogP contribution is 2.64. The van der Waals surface area contributed by atoms with E-state index in [1.165, 1.54) is 99.8 Å². The van der Waals surface area contributed by atoms with Crippen LogP contribution in [0.3, 0.4) is 0 Å². The lowest BCUT2D eigenvalue weighted by molar-refractivity contribution is 0.600. The van der Waals surface area contributed by atoms with Gasteiger partial charge in [0.05, 0.1) is 0 Å². The Morgan fingerprint density at radius 2 is 0.769 bits per heavy atom. The maximum absolute atomic E-state index is 7.03. The summed E-state index contributed by atoms with van der Waals surface area (Å²) in [7, 11) is 0. The predicted octanol–water partition coefficient (Wildman–Crippen LogP) is 20.9. The van der Waals surface area contributed by atoms with E-state index in [2.05, 4.69) is 271 Å². The largest absolute Gasteiger partial charge is 0.455 e. The molecule has 0 unspecified atom stereocenters. The summed E-state index contributed by atoms with van der Waals surface area (Å²) in [6, 6.07) is 82.5. The Hall–Kier alpha value is -9.18. The third-order valence-electron chi connectivity index (χ3n) is 18.2. The van der Waals surface area contributed by atoms with Crippen LogP contribution < -0.4 is 4.90 Å². The van der Waals surface area contributed by atoms with E-state index in [0.717, 1.165) is 61.3 Å². The minimum Gasteiger partial charge on any atom is -0.455 e. The molecule has 13 aromatic rings. The van der Waals surface area contributed by atoms with E-state index in [4.69, 9.17) is 8.83 Å². The Labute approximate surface area is 454 Å². The van der Waals surface area contributed by atoms with Gasteiger partial charge in [0.2, 0.25) is 0 Å². The number of hydrogen-bond acceptors (Lipinski definition) is 3. The molecule has 3 aliphatic carbocycles. The molecule has 0 amide bonds. The fourth-order valence-corrected chi connectivity index (χ4v) is 14.5. The van der Waals surface area contributed by atoms with Crippen molar-refractivity contribution in [2.75, 3.05) is 4.90 Å². The summed E-state index contributed by atoms with van der Waals surface area (Å²) in [4.78, 5) is 2.49. The van der Waals surface area contributed by atoms with E-state index in [1.807, 2.05) is 0 Å². The van der Waals surface area contributed by atoms with Crippen LogP contribution in [0.2, 0.25) is 0 Å². The number of fused-ring (bicyclic) bond motifs is 19. The van der Waals surface area contributed by atoms with Gasteiger partial charge in [-0.3, -0.25) is 0 Å². The van der Waals surface area contributed by atoms with Gasteiger partial charge in [-0.1, -0.05) is 205 Å². The monoisotopic (exact) mass is 1000 g/mol. The third-order valence-corrected chi connectivity index (χ3v) is 18.2. The molecule has 0 spiro atoms. The summed E-state index contributed by atoms with van der Waals surface area (Å²) < 4.78 is 14.0. The standard InChI is InChI=1S/C75H55NO2/c1-73(2)59-41-50(36-38-53(59)64-61(73)43-57(71-66(64)55-27-14-17-30-62(55)77-71)48-25-19-24-47(40-48)45-22-11-8-12-23-45)76(49-34-32-46(33-35-49)44-20-9-7-10-21-44)51-37-39-54-60(42-51)75(5,6)69-65(54)67-56-28-15-18-31-63(56)78-72(67)68-52-26-13-16-29-58(52)74(3,4)70(68)69/h7-43H,1-6H3. The van der Waals surface area contributed by atoms with Crippen LogP contribution in [0, 0.1) is 0 Å². The average molecular weight is 1000 g/mol. The SMILES string of the molecule is CC1(C)c2cc(N(c3ccc(-c4ccccc4)cc3)c3ccc4c(c3)C(C)(C)c3c5c(c6oc7ccccc7c6c3-4)-c3ccccc3C5(C)C)ccc2-c2c1cc(-c1cccc(-c3ccccc3)c1)c1oc3ccccc3c21. The first-order valence-electron chi connectivity index (χ1n) is 27.5. The number of para-hydroxylation sites is 2. The zero-order chi connectivity index (χ0) is 52.4. The molecule has 11 aromatic carbocycles. The first-order chi connectivity index (χ1) is 38.0. The normalized spacial score (nSPS) is 14.8. The van der Waals surface area contributed by atoms with Crippen molar-refractivity contribution in [1.29, 1.82) is 0 Å². The van der Waals surface area contributed by atoms with Gasteiger partial charge in [-0.25, -0.2) is 0 Å². The minimum absolute atomic E-state index is 0.242. The van der Waals surface area contributed by atoms with Gasteiger partial charge in [0.1, 0.15) is 22.3 Å². The summed E-state index contributed by atoms with van der Waals surface area (Å²) in [5.74, 6) is 0. The quantitative estimate of drug-likeness (QED) is 0.166. The van der Waals surface area contributed by atoms with Crippen molar-refractivity contribution < 1.29 is 8.83 Å².